The molecular weight excluding hydrogens is 368 g/mol. The molecule has 6 heteroatoms. The van der Waals surface area contributed by atoms with Crippen LogP contribution >= 0.6 is 0 Å². The molecule has 0 aliphatic rings. The molecule has 0 heterocycles. The summed E-state index contributed by atoms with van der Waals surface area (Å²) in [5, 5.41) is 2.92. The molecule has 0 spiro atoms. The minimum atomic E-state index is -0.592. The Kier molecular flexibility index (Phi) is 8.52. The Labute approximate surface area is 172 Å². The summed E-state index contributed by atoms with van der Waals surface area (Å²) < 4.78 is 10.5. The first-order chi connectivity index (χ1) is 14.0. The van der Waals surface area contributed by atoms with Crippen molar-refractivity contribution in [2.75, 3.05) is 14.2 Å². The number of para-hydroxylation sites is 1. The van der Waals surface area contributed by atoms with E-state index in [1.807, 2.05) is 55.5 Å². The highest BCUT2D eigenvalue weighted by Gasteiger charge is 2.25. The van der Waals surface area contributed by atoms with E-state index in [9.17, 15) is 9.59 Å². The van der Waals surface area contributed by atoms with Crippen LogP contribution in [-0.2, 0) is 22.7 Å². The first-order valence-corrected chi connectivity index (χ1v) is 9.82. The summed E-state index contributed by atoms with van der Waals surface area (Å²) in [5.74, 6) is 1.23. The fourth-order valence-corrected chi connectivity index (χ4v) is 3.05. The zero-order chi connectivity index (χ0) is 21.2. The van der Waals surface area contributed by atoms with Crippen molar-refractivity contribution < 1.29 is 19.1 Å². The van der Waals surface area contributed by atoms with Gasteiger partial charge in [0.1, 0.15) is 17.5 Å². The van der Waals surface area contributed by atoms with E-state index in [0.717, 1.165) is 29.0 Å². The minimum absolute atomic E-state index is 0.0386. The monoisotopic (exact) mass is 398 g/mol. The quantitative estimate of drug-likeness (QED) is 0.665. The summed E-state index contributed by atoms with van der Waals surface area (Å²) in [5.41, 5.74) is 1.83. The molecule has 0 aliphatic heterocycles. The van der Waals surface area contributed by atoms with Crippen molar-refractivity contribution in [1.82, 2.24) is 10.2 Å². The van der Waals surface area contributed by atoms with Crippen molar-refractivity contribution in [3.63, 3.8) is 0 Å². The number of hydrogen-bond donors (Lipinski definition) is 1. The van der Waals surface area contributed by atoms with Gasteiger partial charge in [-0.15, -0.1) is 0 Å². The molecule has 1 atom stereocenters. The van der Waals surface area contributed by atoms with Gasteiger partial charge < -0.3 is 19.7 Å². The topological polar surface area (TPSA) is 67.9 Å². The minimum Gasteiger partial charge on any atom is -0.497 e. The predicted molar refractivity (Wildman–Crippen MR) is 113 cm³/mol. The number of nitrogens with one attached hydrogen (secondary N) is 1. The zero-order valence-electron chi connectivity index (χ0n) is 17.6. The molecule has 2 aromatic rings. The Morgan fingerprint density at radius 2 is 1.72 bits per heavy atom. The fourth-order valence-electron chi connectivity index (χ4n) is 3.05. The normalized spacial score (nSPS) is 11.4. The lowest BCUT2D eigenvalue weighted by atomic mass is 10.1. The largest absolute Gasteiger partial charge is 0.497 e. The summed E-state index contributed by atoms with van der Waals surface area (Å²) in [7, 11) is 3.21. The van der Waals surface area contributed by atoms with Crippen molar-refractivity contribution in [2.24, 2.45) is 0 Å². The molecule has 1 unspecified atom stereocenters. The maximum absolute atomic E-state index is 12.8. The zero-order valence-corrected chi connectivity index (χ0v) is 17.6. The van der Waals surface area contributed by atoms with Gasteiger partial charge in [0, 0.05) is 25.1 Å². The van der Waals surface area contributed by atoms with Crippen molar-refractivity contribution in [1.29, 1.82) is 0 Å². The van der Waals surface area contributed by atoms with Crippen LogP contribution in [0, 0.1) is 0 Å². The van der Waals surface area contributed by atoms with E-state index in [0.29, 0.717) is 19.5 Å². The van der Waals surface area contributed by atoms with Crippen molar-refractivity contribution >= 4 is 11.8 Å². The first-order valence-electron chi connectivity index (χ1n) is 9.82. The number of amides is 2. The van der Waals surface area contributed by atoms with Crippen molar-refractivity contribution in [3.8, 4) is 11.5 Å². The second kappa shape index (κ2) is 11.1. The molecular formula is C23H30N2O4. The van der Waals surface area contributed by atoms with Gasteiger partial charge in [0.15, 0.2) is 0 Å². The second-order valence-electron chi connectivity index (χ2n) is 6.83. The van der Waals surface area contributed by atoms with E-state index in [-0.39, 0.29) is 11.8 Å². The molecule has 6 nitrogen and oxygen atoms in total. The molecule has 0 aromatic heterocycles. The SMILES string of the molecule is CCCC(=O)N(Cc1ccc(OC)cc1)C(C)C(=O)NCc1ccccc1OC. The number of ether oxygens (including phenoxy) is 2. The number of nitrogens with zero attached hydrogens (tertiary/aromatic N) is 1. The number of hydrogen-bond acceptors (Lipinski definition) is 4. The van der Waals surface area contributed by atoms with E-state index >= 15 is 0 Å². The third-order valence-corrected chi connectivity index (χ3v) is 4.79. The average Bonchev–Trinajstić information content (AvgIpc) is 2.76. The van der Waals surface area contributed by atoms with Gasteiger partial charge in [-0.25, -0.2) is 0 Å². The van der Waals surface area contributed by atoms with E-state index in [1.54, 1.807) is 26.0 Å². The Morgan fingerprint density at radius 3 is 2.34 bits per heavy atom. The van der Waals surface area contributed by atoms with Gasteiger partial charge in [0.05, 0.1) is 14.2 Å². The van der Waals surface area contributed by atoms with Crippen LogP contribution in [0.1, 0.15) is 37.8 Å². The van der Waals surface area contributed by atoms with Crippen LogP contribution < -0.4 is 14.8 Å². The van der Waals surface area contributed by atoms with Gasteiger partial charge in [0.25, 0.3) is 0 Å². The smallest absolute Gasteiger partial charge is 0.242 e. The van der Waals surface area contributed by atoms with Gasteiger partial charge in [-0.2, -0.15) is 0 Å². The molecule has 1 N–H and O–H groups in total. The van der Waals surface area contributed by atoms with E-state index in [2.05, 4.69) is 5.32 Å². The number of carbonyl (C=O) groups is 2. The van der Waals surface area contributed by atoms with Gasteiger partial charge in [-0.3, -0.25) is 9.59 Å². The highest BCUT2D eigenvalue weighted by Crippen LogP contribution is 2.18. The molecule has 156 valence electrons. The lowest BCUT2D eigenvalue weighted by Crippen LogP contribution is -2.47. The standard InChI is InChI=1S/C23H30N2O4/c1-5-8-22(26)25(16-18-11-13-20(28-3)14-12-18)17(2)23(27)24-15-19-9-6-7-10-21(19)29-4/h6-7,9-14,17H,5,8,15-16H2,1-4H3,(H,24,27). The molecule has 2 rings (SSSR count). The number of carbonyl (C=O) groups excluding carboxylic acids is 2. The second-order valence-corrected chi connectivity index (χ2v) is 6.83. The Hall–Kier alpha value is -3.02. The Morgan fingerprint density at radius 1 is 1.03 bits per heavy atom. The molecule has 0 aliphatic carbocycles. The van der Waals surface area contributed by atoms with Crippen LogP contribution in [0.15, 0.2) is 48.5 Å². The van der Waals surface area contributed by atoms with Crippen LogP contribution in [0.4, 0.5) is 0 Å². The van der Waals surface area contributed by atoms with Gasteiger partial charge in [-0.05, 0) is 37.1 Å². The van der Waals surface area contributed by atoms with Crippen LogP contribution in [0.2, 0.25) is 0 Å². The van der Waals surface area contributed by atoms with Crippen molar-refractivity contribution in [2.45, 2.75) is 45.8 Å². The number of rotatable bonds is 10. The molecule has 0 radical (unpaired) electrons. The van der Waals surface area contributed by atoms with Gasteiger partial charge >= 0.3 is 0 Å². The lowest BCUT2D eigenvalue weighted by Gasteiger charge is -2.29. The summed E-state index contributed by atoms with van der Waals surface area (Å²) >= 11 is 0. The summed E-state index contributed by atoms with van der Waals surface area (Å²) in [6, 6.07) is 14.5. The third kappa shape index (κ3) is 6.24. The number of benzene rings is 2. The van der Waals surface area contributed by atoms with Crippen LogP contribution in [0.25, 0.3) is 0 Å². The average molecular weight is 399 g/mol. The Bertz CT molecular complexity index is 805. The maximum Gasteiger partial charge on any atom is 0.242 e. The Balaban J connectivity index is 2.09. The molecule has 0 bridgehead atoms. The van der Waals surface area contributed by atoms with Gasteiger partial charge in [0.2, 0.25) is 11.8 Å². The molecule has 2 amide bonds. The third-order valence-electron chi connectivity index (χ3n) is 4.79. The lowest BCUT2D eigenvalue weighted by molar-refractivity contribution is -0.140. The van der Waals surface area contributed by atoms with E-state index < -0.39 is 6.04 Å². The molecule has 2 aromatic carbocycles. The molecule has 0 fully saturated rings. The van der Waals surface area contributed by atoms with Crippen LogP contribution in [-0.4, -0.2) is 37.0 Å². The maximum atomic E-state index is 12.8. The van der Waals surface area contributed by atoms with Crippen LogP contribution in [0.3, 0.4) is 0 Å². The summed E-state index contributed by atoms with van der Waals surface area (Å²) in [6.45, 7) is 4.42. The van der Waals surface area contributed by atoms with E-state index in [1.165, 1.54) is 0 Å². The summed E-state index contributed by atoms with van der Waals surface area (Å²) in [4.78, 5) is 27.1. The fraction of sp³-hybridized carbons (Fsp3) is 0.391. The predicted octanol–water partition coefficient (Wildman–Crippen LogP) is 3.54. The first kappa shape index (κ1) is 22.3. The van der Waals surface area contributed by atoms with E-state index in [4.69, 9.17) is 9.47 Å². The van der Waals surface area contributed by atoms with Crippen molar-refractivity contribution in [3.05, 3.63) is 59.7 Å². The number of methoxy groups -OCH3 is 2. The molecule has 29 heavy (non-hydrogen) atoms. The molecule has 0 saturated heterocycles. The van der Waals surface area contributed by atoms with Gasteiger partial charge in [-0.1, -0.05) is 37.3 Å². The summed E-state index contributed by atoms with van der Waals surface area (Å²) in [6.07, 6.45) is 1.13. The highest BCUT2D eigenvalue weighted by atomic mass is 16.5. The highest BCUT2D eigenvalue weighted by molar-refractivity contribution is 5.87. The molecule has 0 saturated carbocycles. The van der Waals surface area contributed by atoms with Crippen LogP contribution in [0.5, 0.6) is 11.5 Å².